The lowest BCUT2D eigenvalue weighted by molar-refractivity contribution is 0.103. The molecule has 0 bridgehead atoms. The summed E-state index contributed by atoms with van der Waals surface area (Å²) in [6.45, 7) is 0. The minimum Gasteiger partial charge on any atom is -0.452 e. The maximum absolute atomic E-state index is 13.6. The van der Waals surface area contributed by atoms with Crippen molar-refractivity contribution in [2.45, 2.75) is 38.1 Å². The second-order valence-corrected chi connectivity index (χ2v) is 7.64. The molecule has 160 valence electrons. The summed E-state index contributed by atoms with van der Waals surface area (Å²) in [5.41, 5.74) is 3.82. The topological polar surface area (TPSA) is 82.3 Å². The molecule has 2 aromatic carbocycles. The molecular formula is C24H25N3O4. The lowest BCUT2D eigenvalue weighted by Gasteiger charge is -2.24. The van der Waals surface area contributed by atoms with Gasteiger partial charge in [0.2, 0.25) is 5.78 Å². The highest BCUT2D eigenvalue weighted by Gasteiger charge is 2.31. The van der Waals surface area contributed by atoms with E-state index in [9.17, 15) is 14.4 Å². The van der Waals surface area contributed by atoms with E-state index in [-0.39, 0.29) is 17.5 Å². The third-order valence-electron chi connectivity index (χ3n) is 5.71. The van der Waals surface area contributed by atoms with Crippen molar-refractivity contribution in [3.05, 3.63) is 82.4 Å². The van der Waals surface area contributed by atoms with E-state index < -0.39 is 11.8 Å². The van der Waals surface area contributed by atoms with Gasteiger partial charge in [-0.15, -0.1) is 0 Å². The van der Waals surface area contributed by atoms with Gasteiger partial charge in [-0.1, -0.05) is 79.9 Å². The number of nitrogens with one attached hydrogen (secondary N) is 1. The molecule has 1 N–H and O–H groups in total. The first-order valence-corrected chi connectivity index (χ1v) is 10.5. The standard InChI is InChI=1S/C24H25N3O4/c1-31-23(29)25-27-21(22(28)18-13-7-3-8-14-18)20(17-11-5-2-6-12-17)26(24(27)30)19-15-9-4-10-16-19/h2-3,5-8,11-14,19H,4,9-10,15-16H2,1H3,(H,25,29). The second-order valence-electron chi connectivity index (χ2n) is 7.64. The molecule has 0 aliphatic heterocycles. The van der Waals surface area contributed by atoms with Crippen molar-refractivity contribution >= 4 is 11.9 Å². The van der Waals surface area contributed by atoms with Gasteiger partial charge in [0.05, 0.1) is 12.8 Å². The van der Waals surface area contributed by atoms with Gasteiger partial charge in [0, 0.05) is 17.2 Å². The quantitative estimate of drug-likeness (QED) is 0.623. The summed E-state index contributed by atoms with van der Waals surface area (Å²) in [7, 11) is 1.22. The average Bonchev–Trinajstić information content (AvgIpc) is 3.12. The van der Waals surface area contributed by atoms with E-state index in [1.165, 1.54) is 7.11 Å². The van der Waals surface area contributed by atoms with Gasteiger partial charge in [-0.2, -0.15) is 4.68 Å². The van der Waals surface area contributed by atoms with E-state index in [1.807, 2.05) is 36.4 Å². The smallest absolute Gasteiger partial charge is 0.426 e. The van der Waals surface area contributed by atoms with Crippen LogP contribution in [-0.2, 0) is 4.74 Å². The Labute approximate surface area is 180 Å². The molecule has 0 unspecified atom stereocenters. The van der Waals surface area contributed by atoms with E-state index >= 15 is 0 Å². The molecule has 0 spiro atoms. The third kappa shape index (κ3) is 4.03. The van der Waals surface area contributed by atoms with Crippen molar-refractivity contribution in [1.29, 1.82) is 0 Å². The number of nitrogens with zero attached hydrogens (tertiary/aromatic N) is 2. The maximum Gasteiger partial charge on any atom is 0.426 e. The maximum atomic E-state index is 13.6. The van der Waals surface area contributed by atoms with Gasteiger partial charge in [-0.05, 0) is 12.8 Å². The van der Waals surface area contributed by atoms with Gasteiger partial charge >= 0.3 is 11.8 Å². The Kier molecular flexibility index (Phi) is 6.02. The number of carbonyl (C=O) groups excluding carboxylic acids is 2. The van der Waals surface area contributed by atoms with Crippen molar-refractivity contribution in [1.82, 2.24) is 9.24 Å². The minimum atomic E-state index is -0.815. The predicted octanol–water partition coefficient (Wildman–Crippen LogP) is 4.36. The van der Waals surface area contributed by atoms with Crippen LogP contribution in [0.15, 0.2) is 65.5 Å². The van der Waals surface area contributed by atoms with Crippen molar-refractivity contribution in [2.75, 3.05) is 12.5 Å². The predicted molar refractivity (Wildman–Crippen MR) is 118 cm³/mol. The molecule has 0 saturated heterocycles. The molecule has 3 aromatic rings. The molecule has 0 radical (unpaired) electrons. The minimum absolute atomic E-state index is 0.0422. The van der Waals surface area contributed by atoms with Crippen LogP contribution in [0.4, 0.5) is 4.79 Å². The van der Waals surface area contributed by atoms with Crippen molar-refractivity contribution in [2.24, 2.45) is 0 Å². The fraction of sp³-hybridized carbons (Fsp3) is 0.292. The largest absolute Gasteiger partial charge is 0.452 e. The normalized spacial score (nSPS) is 14.2. The molecule has 1 aromatic heterocycles. The van der Waals surface area contributed by atoms with Crippen LogP contribution in [0.5, 0.6) is 0 Å². The van der Waals surface area contributed by atoms with Gasteiger partial charge in [-0.25, -0.2) is 15.0 Å². The monoisotopic (exact) mass is 419 g/mol. The van der Waals surface area contributed by atoms with E-state index in [1.54, 1.807) is 28.8 Å². The number of ketones is 1. The fourth-order valence-electron chi connectivity index (χ4n) is 4.24. The lowest BCUT2D eigenvalue weighted by atomic mass is 9.94. The van der Waals surface area contributed by atoms with Crippen molar-refractivity contribution in [3.8, 4) is 11.3 Å². The Morgan fingerprint density at radius 3 is 2.16 bits per heavy atom. The first-order valence-electron chi connectivity index (χ1n) is 10.5. The van der Waals surface area contributed by atoms with Crippen LogP contribution in [0, 0.1) is 0 Å². The number of methoxy groups -OCH3 is 1. The number of hydrogen-bond donors (Lipinski definition) is 1. The van der Waals surface area contributed by atoms with Crippen LogP contribution < -0.4 is 11.1 Å². The molecular weight excluding hydrogens is 394 g/mol. The number of imidazole rings is 1. The van der Waals surface area contributed by atoms with Crippen LogP contribution in [-0.4, -0.2) is 28.2 Å². The van der Waals surface area contributed by atoms with Crippen LogP contribution in [0.1, 0.15) is 54.2 Å². The van der Waals surface area contributed by atoms with Crippen molar-refractivity contribution in [3.63, 3.8) is 0 Å². The van der Waals surface area contributed by atoms with Gasteiger partial charge < -0.3 is 4.74 Å². The van der Waals surface area contributed by atoms with E-state index in [2.05, 4.69) is 5.43 Å². The number of hydrogen-bond acceptors (Lipinski definition) is 4. The number of aromatic nitrogens is 2. The van der Waals surface area contributed by atoms with Crippen molar-refractivity contribution < 1.29 is 14.3 Å². The molecule has 31 heavy (non-hydrogen) atoms. The molecule has 7 nitrogen and oxygen atoms in total. The average molecular weight is 419 g/mol. The summed E-state index contributed by atoms with van der Waals surface area (Å²) in [6, 6.07) is 18.1. The summed E-state index contributed by atoms with van der Waals surface area (Å²) in [5, 5.41) is 0. The molecule has 1 aliphatic rings. The number of rotatable bonds is 5. The molecule has 1 saturated carbocycles. The van der Waals surface area contributed by atoms with Crippen LogP contribution in [0.2, 0.25) is 0 Å². The Morgan fingerprint density at radius 1 is 0.935 bits per heavy atom. The zero-order valence-electron chi connectivity index (χ0n) is 17.4. The van der Waals surface area contributed by atoms with E-state index in [0.717, 1.165) is 42.3 Å². The van der Waals surface area contributed by atoms with Gasteiger partial charge in [0.1, 0.15) is 5.69 Å². The molecule has 1 amide bonds. The van der Waals surface area contributed by atoms with E-state index in [4.69, 9.17) is 4.74 Å². The highest BCUT2D eigenvalue weighted by molar-refractivity contribution is 6.11. The summed E-state index contributed by atoms with van der Waals surface area (Å²) in [5.74, 6) is -0.345. The third-order valence-corrected chi connectivity index (χ3v) is 5.71. The Morgan fingerprint density at radius 2 is 1.55 bits per heavy atom. The lowest BCUT2D eigenvalue weighted by Crippen LogP contribution is -2.37. The van der Waals surface area contributed by atoms with E-state index in [0.29, 0.717) is 11.3 Å². The highest BCUT2D eigenvalue weighted by Crippen LogP contribution is 2.34. The second kappa shape index (κ2) is 9.04. The SMILES string of the molecule is COC(=O)Nn1c(C(=O)c2ccccc2)c(-c2ccccc2)n(C2CCCCC2)c1=O. The van der Waals surface area contributed by atoms with Crippen LogP contribution in [0.3, 0.4) is 0 Å². The molecule has 7 heteroatoms. The van der Waals surface area contributed by atoms with Crippen LogP contribution in [0.25, 0.3) is 11.3 Å². The highest BCUT2D eigenvalue weighted by atomic mass is 16.5. The summed E-state index contributed by atoms with van der Waals surface area (Å²) < 4.78 is 7.44. The summed E-state index contributed by atoms with van der Waals surface area (Å²) >= 11 is 0. The number of ether oxygens (including phenoxy) is 1. The first kappa shape index (κ1) is 20.7. The number of carbonyl (C=O) groups is 2. The number of benzene rings is 2. The molecule has 0 atom stereocenters. The molecule has 1 heterocycles. The summed E-state index contributed by atoms with van der Waals surface area (Å²) in [6.07, 6.45) is 4.04. The van der Waals surface area contributed by atoms with Gasteiger partial charge in [0.15, 0.2) is 0 Å². The van der Waals surface area contributed by atoms with Gasteiger partial charge in [0.25, 0.3) is 0 Å². The van der Waals surface area contributed by atoms with Crippen LogP contribution >= 0.6 is 0 Å². The first-order chi connectivity index (χ1) is 15.1. The summed E-state index contributed by atoms with van der Waals surface area (Å²) in [4.78, 5) is 39.3. The van der Waals surface area contributed by atoms with Gasteiger partial charge in [-0.3, -0.25) is 9.36 Å². The Hall–Kier alpha value is -3.61. The Bertz CT molecular complexity index is 1130. The number of amides is 1. The molecule has 4 rings (SSSR count). The molecule has 1 aliphatic carbocycles. The molecule has 1 fully saturated rings. The zero-order valence-corrected chi connectivity index (χ0v) is 17.4. The fourth-order valence-corrected chi connectivity index (χ4v) is 4.24. The Balaban J connectivity index is 2.00. The zero-order chi connectivity index (χ0) is 21.8.